The minimum atomic E-state index is -0.131. The summed E-state index contributed by atoms with van der Waals surface area (Å²) in [6.45, 7) is 2.76. The van der Waals surface area contributed by atoms with Crippen LogP contribution in [0.4, 0.5) is 5.69 Å². The number of aromatic amines is 1. The molecule has 4 rings (SSSR count). The van der Waals surface area contributed by atoms with Crippen molar-refractivity contribution < 1.29 is 4.79 Å². The summed E-state index contributed by atoms with van der Waals surface area (Å²) in [5.41, 5.74) is 2.09. The summed E-state index contributed by atoms with van der Waals surface area (Å²) in [5.74, 6) is 0.639. The number of nitrogens with one attached hydrogen (secondary N) is 1. The molecule has 2 aromatic heterocycles. The molecule has 134 valence electrons. The van der Waals surface area contributed by atoms with Gasteiger partial charge in [0.1, 0.15) is 10.7 Å². The predicted octanol–water partition coefficient (Wildman–Crippen LogP) is 2.39. The molecule has 0 saturated heterocycles. The van der Waals surface area contributed by atoms with Crippen LogP contribution in [0.5, 0.6) is 0 Å². The fourth-order valence-corrected chi connectivity index (χ4v) is 4.33. The quantitative estimate of drug-likeness (QED) is 0.768. The SMILES string of the molecule is C[C@H]1Cc2ccccc2N1C(=O)CN(C)Cc1nc2sccc2c(=O)[nH]1. The average molecular weight is 368 g/mol. The number of aromatic nitrogens is 2. The summed E-state index contributed by atoms with van der Waals surface area (Å²) in [5, 5.41) is 2.47. The third kappa shape index (κ3) is 3.04. The molecule has 7 heteroatoms. The smallest absolute Gasteiger partial charge is 0.259 e. The van der Waals surface area contributed by atoms with Crippen LogP contribution in [0, 0.1) is 0 Å². The molecule has 0 spiro atoms. The number of fused-ring (bicyclic) bond motifs is 2. The lowest BCUT2D eigenvalue weighted by Crippen LogP contribution is -2.42. The standard InChI is InChI=1S/C19H20N4O2S/c1-12-9-13-5-3-4-6-15(13)23(12)17(24)11-22(2)10-16-20-18(25)14-7-8-26-19(14)21-16/h3-8,12H,9-11H2,1-2H3,(H,20,21,25)/t12-/m0/s1. The van der Waals surface area contributed by atoms with Gasteiger partial charge in [0.15, 0.2) is 0 Å². The van der Waals surface area contributed by atoms with Gasteiger partial charge >= 0.3 is 0 Å². The van der Waals surface area contributed by atoms with Crippen molar-refractivity contribution in [3.63, 3.8) is 0 Å². The number of thiophene rings is 1. The maximum absolute atomic E-state index is 12.9. The Kier molecular flexibility index (Phi) is 4.34. The lowest BCUT2D eigenvalue weighted by atomic mass is 10.1. The van der Waals surface area contributed by atoms with Crippen LogP contribution in [0.3, 0.4) is 0 Å². The molecule has 0 aliphatic carbocycles. The van der Waals surface area contributed by atoms with E-state index in [1.54, 1.807) is 6.07 Å². The van der Waals surface area contributed by atoms with Crippen molar-refractivity contribution in [2.75, 3.05) is 18.5 Å². The molecule has 0 radical (unpaired) electrons. The van der Waals surface area contributed by atoms with E-state index < -0.39 is 0 Å². The van der Waals surface area contributed by atoms with Gasteiger partial charge in [0, 0.05) is 11.7 Å². The molecule has 26 heavy (non-hydrogen) atoms. The first-order chi connectivity index (χ1) is 12.5. The van der Waals surface area contributed by atoms with Gasteiger partial charge in [0.05, 0.1) is 18.5 Å². The van der Waals surface area contributed by atoms with E-state index in [1.807, 2.05) is 40.4 Å². The van der Waals surface area contributed by atoms with Crippen molar-refractivity contribution in [3.05, 3.63) is 57.5 Å². The third-order valence-corrected chi connectivity index (χ3v) is 5.49. The van der Waals surface area contributed by atoms with Crippen LogP contribution in [0.2, 0.25) is 0 Å². The minimum Gasteiger partial charge on any atom is -0.309 e. The highest BCUT2D eigenvalue weighted by Gasteiger charge is 2.30. The van der Waals surface area contributed by atoms with E-state index in [1.165, 1.54) is 16.9 Å². The van der Waals surface area contributed by atoms with Crippen molar-refractivity contribution in [2.24, 2.45) is 0 Å². The number of para-hydroxylation sites is 1. The molecule has 1 amide bonds. The first kappa shape index (κ1) is 16.9. The van der Waals surface area contributed by atoms with Crippen LogP contribution in [-0.2, 0) is 17.8 Å². The molecule has 3 aromatic rings. The summed E-state index contributed by atoms with van der Waals surface area (Å²) >= 11 is 1.44. The molecular weight excluding hydrogens is 348 g/mol. The highest BCUT2D eigenvalue weighted by atomic mass is 32.1. The predicted molar refractivity (Wildman–Crippen MR) is 104 cm³/mol. The normalized spacial score (nSPS) is 16.4. The zero-order valence-corrected chi connectivity index (χ0v) is 15.5. The fraction of sp³-hybridized carbons (Fsp3) is 0.316. The molecule has 0 unspecified atom stereocenters. The Labute approximate surface area is 155 Å². The molecule has 0 fully saturated rings. The van der Waals surface area contributed by atoms with Gasteiger partial charge < -0.3 is 9.88 Å². The monoisotopic (exact) mass is 368 g/mol. The first-order valence-electron chi connectivity index (χ1n) is 8.58. The number of carbonyl (C=O) groups is 1. The van der Waals surface area contributed by atoms with Gasteiger partial charge in [0.2, 0.25) is 5.91 Å². The van der Waals surface area contributed by atoms with Crippen molar-refractivity contribution in [1.29, 1.82) is 0 Å². The molecule has 1 aliphatic heterocycles. The van der Waals surface area contributed by atoms with E-state index in [4.69, 9.17) is 0 Å². The Bertz CT molecular complexity index is 1030. The lowest BCUT2D eigenvalue weighted by Gasteiger charge is -2.25. The van der Waals surface area contributed by atoms with Crippen LogP contribution >= 0.6 is 11.3 Å². The van der Waals surface area contributed by atoms with Crippen LogP contribution in [0.25, 0.3) is 10.2 Å². The lowest BCUT2D eigenvalue weighted by molar-refractivity contribution is -0.119. The number of H-pyrrole nitrogens is 1. The number of amides is 1. The topological polar surface area (TPSA) is 69.3 Å². The summed E-state index contributed by atoms with van der Waals surface area (Å²) in [7, 11) is 1.86. The Morgan fingerprint density at radius 1 is 1.38 bits per heavy atom. The Morgan fingerprint density at radius 3 is 3.04 bits per heavy atom. The molecule has 0 saturated carbocycles. The molecule has 1 atom stereocenters. The molecular formula is C19H20N4O2S. The fourth-order valence-electron chi connectivity index (χ4n) is 3.55. The van der Waals surface area contributed by atoms with Crippen LogP contribution < -0.4 is 10.5 Å². The maximum atomic E-state index is 12.9. The van der Waals surface area contributed by atoms with E-state index >= 15 is 0 Å². The number of carbonyl (C=O) groups excluding carboxylic acids is 1. The zero-order valence-electron chi connectivity index (χ0n) is 14.7. The Hall–Kier alpha value is -2.51. The van der Waals surface area contributed by atoms with Crippen molar-refractivity contribution >= 4 is 33.1 Å². The van der Waals surface area contributed by atoms with Gasteiger partial charge in [-0.25, -0.2) is 4.98 Å². The summed E-state index contributed by atoms with van der Waals surface area (Å²) < 4.78 is 0. The van der Waals surface area contributed by atoms with Gasteiger partial charge in [0.25, 0.3) is 5.56 Å². The number of hydrogen-bond donors (Lipinski definition) is 1. The minimum absolute atomic E-state index is 0.0597. The van der Waals surface area contributed by atoms with E-state index in [-0.39, 0.29) is 24.1 Å². The number of hydrogen-bond acceptors (Lipinski definition) is 5. The van der Waals surface area contributed by atoms with Crippen LogP contribution in [0.15, 0.2) is 40.5 Å². The first-order valence-corrected chi connectivity index (χ1v) is 9.46. The van der Waals surface area contributed by atoms with Crippen LogP contribution in [0.1, 0.15) is 18.3 Å². The van der Waals surface area contributed by atoms with E-state index in [9.17, 15) is 9.59 Å². The number of likely N-dealkylation sites (N-methyl/N-ethyl adjacent to an activating group) is 1. The summed E-state index contributed by atoms with van der Waals surface area (Å²) in [6.07, 6.45) is 0.884. The van der Waals surface area contributed by atoms with Crippen molar-refractivity contribution in [3.8, 4) is 0 Å². The number of benzene rings is 1. The Morgan fingerprint density at radius 2 is 2.19 bits per heavy atom. The zero-order chi connectivity index (χ0) is 18.3. The van der Waals surface area contributed by atoms with Crippen molar-refractivity contribution in [2.45, 2.75) is 25.9 Å². The number of nitrogens with zero attached hydrogens (tertiary/aromatic N) is 3. The second-order valence-electron chi connectivity index (χ2n) is 6.77. The largest absolute Gasteiger partial charge is 0.309 e. The molecule has 1 N–H and O–H groups in total. The van der Waals surface area contributed by atoms with Crippen LogP contribution in [-0.4, -0.2) is 40.4 Å². The second kappa shape index (κ2) is 6.66. The highest BCUT2D eigenvalue weighted by Crippen LogP contribution is 2.31. The van der Waals surface area contributed by atoms with E-state index in [2.05, 4.69) is 23.0 Å². The van der Waals surface area contributed by atoms with Gasteiger partial charge in [-0.1, -0.05) is 18.2 Å². The van der Waals surface area contributed by atoms with Gasteiger partial charge in [-0.3, -0.25) is 14.5 Å². The molecule has 3 heterocycles. The van der Waals surface area contributed by atoms with Gasteiger partial charge in [-0.05, 0) is 43.5 Å². The van der Waals surface area contributed by atoms with Crippen molar-refractivity contribution in [1.82, 2.24) is 14.9 Å². The molecule has 6 nitrogen and oxygen atoms in total. The molecule has 1 aromatic carbocycles. The van der Waals surface area contributed by atoms with Gasteiger partial charge in [-0.2, -0.15) is 0 Å². The average Bonchev–Trinajstić information content (AvgIpc) is 3.17. The maximum Gasteiger partial charge on any atom is 0.259 e. The second-order valence-corrected chi connectivity index (χ2v) is 7.66. The third-order valence-electron chi connectivity index (χ3n) is 4.68. The Balaban J connectivity index is 1.48. The van der Waals surface area contributed by atoms with E-state index in [0.717, 1.165) is 16.9 Å². The molecule has 1 aliphatic rings. The number of rotatable bonds is 4. The summed E-state index contributed by atoms with van der Waals surface area (Å²) in [6, 6.07) is 9.98. The van der Waals surface area contributed by atoms with E-state index in [0.29, 0.717) is 17.8 Å². The summed E-state index contributed by atoms with van der Waals surface area (Å²) in [4.78, 5) is 36.7. The van der Waals surface area contributed by atoms with Gasteiger partial charge in [-0.15, -0.1) is 11.3 Å². The molecule has 0 bridgehead atoms. The highest BCUT2D eigenvalue weighted by molar-refractivity contribution is 7.16. The number of anilines is 1.